The Morgan fingerprint density at radius 3 is 2.70 bits per heavy atom. The summed E-state index contributed by atoms with van der Waals surface area (Å²) in [6, 6.07) is 11.1. The van der Waals surface area contributed by atoms with Gasteiger partial charge in [0.15, 0.2) is 0 Å². The summed E-state index contributed by atoms with van der Waals surface area (Å²) >= 11 is 3.53. The van der Waals surface area contributed by atoms with Crippen LogP contribution in [0.2, 0.25) is 0 Å². The van der Waals surface area contributed by atoms with Crippen molar-refractivity contribution >= 4 is 33.5 Å². The Balaban J connectivity index is 1.77. The van der Waals surface area contributed by atoms with Gasteiger partial charge in [0.1, 0.15) is 11.8 Å². The molecule has 3 aromatic rings. The molecular weight excluding hydrogens is 448 g/mol. The number of amides is 1. The molecule has 9 heteroatoms. The third-order valence-corrected chi connectivity index (χ3v) is 5.70. The van der Waals surface area contributed by atoms with E-state index < -0.39 is 6.04 Å². The number of anilines is 2. The van der Waals surface area contributed by atoms with Gasteiger partial charge >= 0.3 is 0 Å². The SMILES string of the molecule is COc1ccc([C@H]2C(C(=O)Nc3ccc(C)cc3C)=C(C)Nc3nnnn32)cc1Br. The lowest BCUT2D eigenvalue weighted by Crippen LogP contribution is -2.31. The molecule has 1 amide bonds. The minimum absolute atomic E-state index is 0.218. The van der Waals surface area contributed by atoms with E-state index in [1.807, 2.05) is 57.2 Å². The van der Waals surface area contributed by atoms with Crippen LogP contribution in [0.15, 0.2) is 52.1 Å². The number of carbonyl (C=O) groups excluding carboxylic acids is 1. The van der Waals surface area contributed by atoms with Crippen LogP contribution < -0.4 is 15.4 Å². The molecule has 0 radical (unpaired) electrons. The average Bonchev–Trinajstić information content (AvgIpc) is 3.16. The van der Waals surface area contributed by atoms with Crippen LogP contribution >= 0.6 is 15.9 Å². The summed E-state index contributed by atoms with van der Waals surface area (Å²) in [6.45, 7) is 5.84. The molecule has 0 saturated heterocycles. The molecule has 0 bridgehead atoms. The van der Waals surface area contributed by atoms with Crippen molar-refractivity contribution in [3.8, 4) is 5.75 Å². The third-order valence-electron chi connectivity index (χ3n) is 5.08. The van der Waals surface area contributed by atoms with Crippen molar-refractivity contribution in [1.82, 2.24) is 20.2 Å². The number of allylic oxidation sites excluding steroid dienone is 1. The van der Waals surface area contributed by atoms with Crippen molar-refractivity contribution in [2.24, 2.45) is 0 Å². The lowest BCUT2D eigenvalue weighted by Gasteiger charge is -2.28. The minimum atomic E-state index is -0.496. The zero-order valence-corrected chi connectivity index (χ0v) is 18.6. The lowest BCUT2D eigenvalue weighted by atomic mass is 9.94. The Morgan fingerprint density at radius 1 is 1.20 bits per heavy atom. The van der Waals surface area contributed by atoms with E-state index in [-0.39, 0.29) is 5.91 Å². The highest BCUT2D eigenvalue weighted by Gasteiger charge is 2.34. The number of carbonyl (C=O) groups is 1. The molecule has 0 unspecified atom stereocenters. The summed E-state index contributed by atoms with van der Waals surface area (Å²) in [5.41, 5.74) is 4.98. The summed E-state index contributed by atoms with van der Waals surface area (Å²) in [7, 11) is 1.61. The van der Waals surface area contributed by atoms with Gasteiger partial charge < -0.3 is 15.4 Å². The van der Waals surface area contributed by atoms with Gasteiger partial charge in [-0.25, -0.2) is 0 Å². The van der Waals surface area contributed by atoms with E-state index in [0.29, 0.717) is 23.0 Å². The number of nitrogens with zero attached hydrogens (tertiary/aromatic N) is 4. The molecule has 30 heavy (non-hydrogen) atoms. The highest BCUT2D eigenvalue weighted by atomic mass is 79.9. The second-order valence-corrected chi connectivity index (χ2v) is 8.03. The van der Waals surface area contributed by atoms with Crippen molar-refractivity contribution < 1.29 is 9.53 Å². The highest BCUT2D eigenvalue weighted by Crippen LogP contribution is 2.37. The number of aryl methyl sites for hydroxylation is 2. The standard InChI is InChI=1S/C21H21BrN6O2/c1-11-5-7-16(12(2)9-11)24-20(29)18-13(3)23-21-25-26-27-28(21)19(18)14-6-8-17(30-4)15(22)10-14/h5-10,19H,1-4H3,(H,24,29)(H,23,25,27)/t19-/m0/s1. The molecule has 4 rings (SSSR count). The molecule has 0 spiro atoms. The van der Waals surface area contributed by atoms with Crippen molar-refractivity contribution in [1.29, 1.82) is 0 Å². The van der Waals surface area contributed by atoms with Crippen molar-refractivity contribution in [3.63, 3.8) is 0 Å². The van der Waals surface area contributed by atoms with Crippen LogP contribution in [0.4, 0.5) is 11.6 Å². The molecule has 0 aliphatic carbocycles. The first kappa shape index (κ1) is 20.1. The number of ether oxygens (including phenoxy) is 1. The fourth-order valence-electron chi connectivity index (χ4n) is 3.61. The maximum atomic E-state index is 13.4. The van der Waals surface area contributed by atoms with Crippen LogP contribution in [0.5, 0.6) is 5.75 Å². The number of methoxy groups -OCH3 is 1. The molecule has 1 atom stereocenters. The van der Waals surface area contributed by atoms with Crippen LogP contribution in [-0.4, -0.2) is 33.2 Å². The van der Waals surface area contributed by atoms with E-state index >= 15 is 0 Å². The van der Waals surface area contributed by atoms with Crippen LogP contribution in [0, 0.1) is 13.8 Å². The first-order valence-electron chi connectivity index (χ1n) is 9.36. The van der Waals surface area contributed by atoms with E-state index in [0.717, 1.165) is 26.9 Å². The number of hydrogen-bond acceptors (Lipinski definition) is 6. The lowest BCUT2D eigenvalue weighted by molar-refractivity contribution is -0.113. The van der Waals surface area contributed by atoms with E-state index in [1.165, 1.54) is 0 Å². The van der Waals surface area contributed by atoms with E-state index in [4.69, 9.17) is 4.74 Å². The van der Waals surface area contributed by atoms with Gasteiger partial charge in [-0.15, -0.1) is 0 Å². The quantitative estimate of drug-likeness (QED) is 0.600. The molecule has 0 fully saturated rings. The van der Waals surface area contributed by atoms with Gasteiger partial charge in [0, 0.05) is 11.4 Å². The number of hydrogen-bond donors (Lipinski definition) is 2. The molecule has 0 saturated carbocycles. The second kappa shape index (κ2) is 7.91. The summed E-state index contributed by atoms with van der Waals surface area (Å²) in [5.74, 6) is 0.962. The van der Waals surface area contributed by atoms with Gasteiger partial charge in [0.2, 0.25) is 5.95 Å². The second-order valence-electron chi connectivity index (χ2n) is 7.18. The third kappa shape index (κ3) is 3.56. The van der Waals surface area contributed by atoms with Gasteiger partial charge in [-0.1, -0.05) is 28.9 Å². The van der Waals surface area contributed by atoms with Crippen LogP contribution in [0.1, 0.15) is 29.7 Å². The number of halogens is 1. The molecule has 154 valence electrons. The number of rotatable bonds is 4. The summed E-state index contributed by atoms with van der Waals surface area (Å²) in [5, 5.41) is 18.1. The zero-order valence-electron chi connectivity index (χ0n) is 17.0. The molecule has 1 aliphatic heterocycles. The van der Waals surface area contributed by atoms with Gasteiger partial charge in [-0.05, 0) is 76.5 Å². The fourth-order valence-corrected chi connectivity index (χ4v) is 4.17. The molecule has 8 nitrogen and oxygen atoms in total. The van der Waals surface area contributed by atoms with Crippen molar-refractivity contribution in [3.05, 3.63) is 68.8 Å². The van der Waals surface area contributed by atoms with Crippen molar-refractivity contribution in [2.45, 2.75) is 26.8 Å². The summed E-state index contributed by atoms with van der Waals surface area (Å²) in [4.78, 5) is 13.4. The minimum Gasteiger partial charge on any atom is -0.496 e. The largest absolute Gasteiger partial charge is 0.496 e. The Labute approximate surface area is 182 Å². The van der Waals surface area contributed by atoms with Crippen molar-refractivity contribution in [2.75, 3.05) is 17.7 Å². The Hall–Kier alpha value is -3.20. The van der Waals surface area contributed by atoms with Gasteiger partial charge in [-0.2, -0.15) is 4.68 Å². The van der Waals surface area contributed by atoms with Gasteiger partial charge in [0.05, 0.1) is 17.2 Å². The number of tetrazole rings is 1. The maximum Gasteiger partial charge on any atom is 0.255 e. The fraction of sp³-hybridized carbons (Fsp3) is 0.238. The predicted molar refractivity (Wildman–Crippen MR) is 118 cm³/mol. The smallest absolute Gasteiger partial charge is 0.255 e. The Kier molecular flexibility index (Phi) is 5.29. The normalized spacial score (nSPS) is 15.4. The highest BCUT2D eigenvalue weighted by molar-refractivity contribution is 9.10. The van der Waals surface area contributed by atoms with Crippen LogP contribution in [0.3, 0.4) is 0 Å². The molecule has 2 N–H and O–H groups in total. The Morgan fingerprint density at radius 2 is 2.00 bits per heavy atom. The van der Waals surface area contributed by atoms with E-state index in [1.54, 1.807) is 11.8 Å². The van der Waals surface area contributed by atoms with Crippen LogP contribution in [-0.2, 0) is 4.79 Å². The van der Waals surface area contributed by atoms with Crippen LogP contribution in [0.25, 0.3) is 0 Å². The summed E-state index contributed by atoms with van der Waals surface area (Å²) < 4.78 is 7.73. The van der Waals surface area contributed by atoms with E-state index in [9.17, 15) is 4.79 Å². The average molecular weight is 469 g/mol. The molecule has 2 heterocycles. The Bertz CT molecular complexity index is 1170. The topological polar surface area (TPSA) is 94.0 Å². The maximum absolute atomic E-state index is 13.4. The number of aromatic nitrogens is 4. The first-order valence-corrected chi connectivity index (χ1v) is 10.2. The summed E-state index contributed by atoms with van der Waals surface area (Å²) in [6.07, 6.45) is 0. The predicted octanol–water partition coefficient (Wildman–Crippen LogP) is 3.99. The molecule has 1 aromatic heterocycles. The zero-order chi connectivity index (χ0) is 21.4. The monoisotopic (exact) mass is 468 g/mol. The van der Waals surface area contributed by atoms with Gasteiger partial charge in [0.25, 0.3) is 5.91 Å². The number of fused-ring (bicyclic) bond motifs is 1. The molecule has 2 aromatic carbocycles. The molecule has 1 aliphatic rings. The number of nitrogens with one attached hydrogen (secondary N) is 2. The van der Waals surface area contributed by atoms with Gasteiger partial charge in [-0.3, -0.25) is 4.79 Å². The van der Waals surface area contributed by atoms with E-state index in [2.05, 4.69) is 42.1 Å². The number of benzene rings is 2. The molecular formula is C21H21BrN6O2. The first-order chi connectivity index (χ1) is 14.4.